The van der Waals surface area contributed by atoms with E-state index in [0.717, 1.165) is 11.4 Å². The number of carbonyl (C=O) groups excluding carboxylic acids is 1. The first-order valence-electron chi connectivity index (χ1n) is 6.81. The zero-order chi connectivity index (χ0) is 15.2. The van der Waals surface area contributed by atoms with Gasteiger partial charge in [0, 0.05) is 12.3 Å². The van der Waals surface area contributed by atoms with E-state index >= 15 is 0 Å². The smallest absolute Gasteiger partial charge is 0.407 e. The predicted molar refractivity (Wildman–Crippen MR) is 77.6 cm³/mol. The summed E-state index contributed by atoms with van der Waals surface area (Å²) in [5.74, 6) is 1.22. The molecule has 0 saturated carbocycles. The lowest BCUT2D eigenvalue weighted by Gasteiger charge is -2.19. The minimum absolute atomic E-state index is 0.313. The van der Waals surface area contributed by atoms with Crippen molar-refractivity contribution in [1.82, 2.24) is 10.3 Å². The molecule has 0 fully saturated rings. The van der Waals surface area contributed by atoms with Gasteiger partial charge in [-0.25, -0.2) is 4.79 Å². The van der Waals surface area contributed by atoms with Crippen LogP contribution in [-0.2, 0) is 11.3 Å². The van der Waals surface area contributed by atoms with E-state index in [-0.39, 0.29) is 0 Å². The molecule has 0 atom stereocenters. The second-order valence-corrected chi connectivity index (χ2v) is 6.04. The first-order chi connectivity index (χ1) is 9.26. The molecular formula is C15H24N2O3. The number of aromatic nitrogens is 1. The van der Waals surface area contributed by atoms with Gasteiger partial charge in [0.25, 0.3) is 0 Å². The fraction of sp³-hybridized carbons (Fsp3) is 0.600. The number of carbonyl (C=O) groups is 1. The number of amides is 1. The molecule has 1 aromatic heterocycles. The number of alkyl carbamates (subject to hydrolysis) is 1. The maximum absolute atomic E-state index is 11.5. The van der Waals surface area contributed by atoms with Crippen molar-refractivity contribution in [2.45, 2.75) is 46.8 Å². The van der Waals surface area contributed by atoms with Crippen molar-refractivity contribution in [3.05, 3.63) is 24.0 Å². The molecule has 112 valence electrons. The van der Waals surface area contributed by atoms with Crippen molar-refractivity contribution in [2.24, 2.45) is 5.92 Å². The Kier molecular flexibility index (Phi) is 5.80. The fourth-order valence-electron chi connectivity index (χ4n) is 1.38. The van der Waals surface area contributed by atoms with Crippen molar-refractivity contribution in [3.63, 3.8) is 0 Å². The summed E-state index contributed by atoms with van der Waals surface area (Å²) in [7, 11) is 0. The zero-order valence-electron chi connectivity index (χ0n) is 12.9. The van der Waals surface area contributed by atoms with Crippen LogP contribution in [0.4, 0.5) is 4.79 Å². The van der Waals surface area contributed by atoms with Crippen molar-refractivity contribution >= 4 is 6.09 Å². The summed E-state index contributed by atoms with van der Waals surface area (Å²) in [6.45, 7) is 10.6. The summed E-state index contributed by atoms with van der Waals surface area (Å²) >= 11 is 0. The summed E-state index contributed by atoms with van der Waals surface area (Å²) in [6.07, 6.45) is 1.22. The standard InChI is InChI=1S/C15H24N2O3/c1-11(2)10-19-13-6-7-16-12(8-13)9-17-14(18)20-15(3,4)5/h6-8,11H,9-10H2,1-5H3,(H,17,18). The second kappa shape index (κ2) is 7.12. The van der Waals surface area contributed by atoms with E-state index in [9.17, 15) is 4.79 Å². The van der Waals surface area contributed by atoms with Gasteiger partial charge in [-0.05, 0) is 32.8 Å². The highest BCUT2D eigenvalue weighted by Gasteiger charge is 2.15. The van der Waals surface area contributed by atoms with E-state index in [2.05, 4.69) is 24.1 Å². The topological polar surface area (TPSA) is 60.5 Å². The largest absolute Gasteiger partial charge is 0.493 e. The molecule has 0 aromatic carbocycles. The van der Waals surface area contributed by atoms with Crippen LogP contribution in [0.3, 0.4) is 0 Å². The van der Waals surface area contributed by atoms with Crippen LogP contribution in [0.5, 0.6) is 5.75 Å². The Hall–Kier alpha value is -1.78. The van der Waals surface area contributed by atoms with Crippen molar-refractivity contribution in [2.75, 3.05) is 6.61 Å². The number of rotatable bonds is 5. The first kappa shape index (κ1) is 16.3. The molecule has 20 heavy (non-hydrogen) atoms. The van der Waals surface area contributed by atoms with E-state index in [0.29, 0.717) is 19.1 Å². The zero-order valence-corrected chi connectivity index (χ0v) is 12.9. The Morgan fingerprint density at radius 1 is 1.40 bits per heavy atom. The van der Waals surface area contributed by atoms with Crippen LogP contribution in [0.2, 0.25) is 0 Å². The average Bonchev–Trinajstić information content (AvgIpc) is 2.32. The molecule has 0 spiro atoms. The maximum atomic E-state index is 11.5. The van der Waals surface area contributed by atoms with E-state index < -0.39 is 11.7 Å². The maximum Gasteiger partial charge on any atom is 0.407 e. The van der Waals surface area contributed by atoms with Crippen molar-refractivity contribution in [3.8, 4) is 5.75 Å². The summed E-state index contributed by atoms with van der Waals surface area (Å²) in [5, 5.41) is 2.67. The molecular weight excluding hydrogens is 256 g/mol. The molecule has 0 aliphatic carbocycles. The van der Waals surface area contributed by atoms with Crippen molar-refractivity contribution in [1.29, 1.82) is 0 Å². The minimum Gasteiger partial charge on any atom is -0.493 e. The SMILES string of the molecule is CC(C)COc1ccnc(CNC(=O)OC(C)(C)C)c1. The van der Waals surface area contributed by atoms with Gasteiger partial charge in [-0.15, -0.1) is 0 Å². The van der Waals surface area contributed by atoms with Gasteiger partial charge in [-0.1, -0.05) is 13.8 Å². The van der Waals surface area contributed by atoms with Crippen LogP contribution in [0.15, 0.2) is 18.3 Å². The summed E-state index contributed by atoms with van der Waals surface area (Å²) < 4.78 is 10.8. The lowest BCUT2D eigenvalue weighted by molar-refractivity contribution is 0.0523. The molecule has 0 saturated heterocycles. The van der Waals surface area contributed by atoms with E-state index in [1.54, 1.807) is 12.3 Å². The van der Waals surface area contributed by atoms with E-state index in [1.807, 2.05) is 26.8 Å². The molecule has 0 radical (unpaired) electrons. The van der Waals surface area contributed by atoms with Gasteiger partial charge in [0.15, 0.2) is 0 Å². The Balaban J connectivity index is 2.48. The average molecular weight is 280 g/mol. The van der Waals surface area contributed by atoms with Gasteiger partial charge in [-0.3, -0.25) is 4.98 Å². The predicted octanol–water partition coefficient (Wildman–Crippen LogP) is 3.14. The van der Waals surface area contributed by atoms with Crippen LogP contribution in [0.1, 0.15) is 40.3 Å². The van der Waals surface area contributed by atoms with E-state index in [1.165, 1.54) is 0 Å². The molecule has 1 N–H and O–H groups in total. The van der Waals surface area contributed by atoms with E-state index in [4.69, 9.17) is 9.47 Å². The van der Waals surface area contributed by atoms with Crippen molar-refractivity contribution < 1.29 is 14.3 Å². The second-order valence-electron chi connectivity index (χ2n) is 6.04. The Bertz CT molecular complexity index is 439. The number of pyridine rings is 1. The van der Waals surface area contributed by atoms with Gasteiger partial charge in [0.2, 0.25) is 0 Å². The third kappa shape index (κ3) is 6.97. The molecule has 5 nitrogen and oxygen atoms in total. The van der Waals surface area contributed by atoms with Crippen LogP contribution >= 0.6 is 0 Å². The molecule has 1 amide bonds. The fourth-order valence-corrected chi connectivity index (χ4v) is 1.38. The molecule has 0 bridgehead atoms. The van der Waals surface area contributed by atoms with Crippen LogP contribution in [0, 0.1) is 5.92 Å². The molecule has 5 heteroatoms. The normalized spacial score (nSPS) is 11.3. The lowest BCUT2D eigenvalue weighted by Crippen LogP contribution is -2.32. The summed E-state index contributed by atoms with van der Waals surface area (Å²) in [6, 6.07) is 3.62. The number of ether oxygens (including phenoxy) is 2. The number of nitrogens with one attached hydrogen (secondary N) is 1. The highest BCUT2D eigenvalue weighted by molar-refractivity contribution is 5.67. The Morgan fingerprint density at radius 2 is 2.10 bits per heavy atom. The summed E-state index contributed by atoms with van der Waals surface area (Å²) in [4.78, 5) is 15.7. The third-order valence-electron chi connectivity index (χ3n) is 2.18. The van der Waals surface area contributed by atoms with Crippen LogP contribution in [-0.4, -0.2) is 23.3 Å². The van der Waals surface area contributed by atoms with Gasteiger partial charge >= 0.3 is 6.09 Å². The molecule has 0 aliphatic rings. The Morgan fingerprint density at radius 3 is 2.70 bits per heavy atom. The Labute approximate surface area is 120 Å². The van der Waals surface area contributed by atoms with Crippen LogP contribution < -0.4 is 10.1 Å². The highest BCUT2D eigenvalue weighted by Crippen LogP contribution is 2.12. The molecule has 0 unspecified atom stereocenters. The van der Waals surface area contributed by atoms with Gasteiger partial charge in [0.05, 0.1) is 18.8 Å². The monoisotopic (exact) mass is 280 g/mol. The van der Waals surface area contributed by atoms with Gasteiger partial charge < -0.3 is 14.8 Å². The molecule has 0 aliphatic heterocycles. The summed E-state index contributed by atoms with van der Waals surface area (Å²) in [5.41, 5.74) is 0.233. The highest BCUT2D eigenvalue weighted by atomic mass is 16.6. The third-order valence-corrected chi connectivity index (χ3v) is 2.18. The van der Waals surface area contributed by atoms with Crippen LogP contribution in [0.25, 0.3) is 0 Å². The first-order valence-corrected chi connectivity index (χ1v) is 6.81. The number of hydrogen-bond acceptors (Lipinski definition) is 4. The lowest BCUT2D eigenvalue weighted by atomic mass is 10.2. The molecule has 1 rings (SSSR count). The number of nitrogens with zero attached hydrogens (tertiary/aromatic N) is 1. The molecule has 1 heterocycles. The van der Waals surface area contributed by atoms with Gasteiger partial charge in [-0.2, -0.15) is 0 Å². The number of hydrogen-bond donors (Lipinski definition) is 1. The van der Waals surface area contributed by atoms with Gasteiger partial charge in [0.1, 0.15) is 11.4 Å². The minimum atomic E-state index is -0.500. The quantitative estimate of drug-likeness (QED) is 0.900. The molecule has 1 aromatic rings.